The minimum atomic E-state index is -0.470. The van der Waals surface area contributed by atoms with Crippen LogP contribution in [0.5, 0.6) is 0 Å². The van der Waals surface area contributed by atoms with Gasteiger partial charge in [-0.1, -0.05) is 0 Å². The lowest BCUT2D eigenvalue weighted by Gasteiger charge is -2.31. The predicted octanol–water partition coefficient (Wildman–Crippen LogP) is 2.97. The number of amides is 1. The molecular formula is C21H22FN3O4S. The first-order valence-electron chi connectivity index (χ1n) is 9.49. The third-order valence-corrected chi connectivity index (χ3v) is 4.65. The number of nitrogens with zero attached hydrogens (tertiary/aromatic N) is 1. The van der Waals surface area contributed by atoms with Gasteiger partial charge in [-0.25, -0.2) is 9.18 Å². The van der Waals surface area contributed by atoms with Crippen molar-refractivity contribution >= 4 is 40.6 Å². The number of carbonyl (C=O) groups is 2. The van der Waals surface area contributed by atoms with Gasteiger partial charge >= 0.3 is 5.97 Å². The Kier molecular flexibility index (Phi) is 7.31. The number of nitrogens with one attached hydrogen (secondary N) is 2. The molecule has 158 valence electrons. The summed E-state index contributed by atoms with van der Waals surface area (Å²) >= 11 is 5.28. The van der Waals surface area contributed by atoms with Crippen LogP contribution in [0.2, 0.25) is 0 Å². The first kappa shape index (κ1) is 21.7. The van der Waals surface area contributed by atoms with E-state index in [1.807, 2.05) is 6.07 Å². The lowest BCUT2D eigenvalue weighted by atomic mass is 10.1. The largest absolute Gasteiger partial charge is 0.462 e. The molecule has 30 heavy (non-hydrogen) atoms. The van der Waals surface area contributed by atoms with Gasteiger partial charge in [0.15, 0.2) is 5.11 Å². The molecule has 0 atom stereocenters. The lowest BCUT2D eigenvalue weighted by Crippen LogP contribution is -2.38. The minimum Gasteiger partial charge on any atom is -0.462 e. The average molecular weight is 431 g/mol. The van der Waals surface area contributed by atoms with Crippen molar-refractivity contribution < 1.29 is 23.5 Å². The number of rotatable bonds is 5. The van der Waals surface area contributed by atoms with Crippen molar-refractivity contribution in [3.8, 4) is 0 Å². The van der Waals surface area contributed by atoms with Gasteiger partial charge < -0.3 is 19.7 Å². The van der Waals surface area contributed by atoms with Crippen molar-refractivity contribution in [3.63, 3.8) is 0 Å². The highest BCUT2D eigenvalue weighted by molar-refractivity contribution is 7.80. The van der Waals surface area contributed by atoms with E-state index in [1.54, 1.807) is 19.1 Å². The van der Waals surface area contributed by atoms with Crippen molar-refractivity contribution in [1.29, 1.82) is 0 Å². The summed E-state index contributed by atoms with van der Waals surface area (Å²) in [6, 6.07) is 10.3. The van der Waals surface area contributed by atoms with Crippen molar-refractivity contribution in [2.24, 2.45) is 0 Å². The van der Waals surface area contributed by atoms with Crippen LogP contribution < -0.4 is 15.5 Å². The van der Waals surface area contributed by atoms with E-state index in [9.17, 15) is 14.0 Å². The standard InChI is InChI=1S/C21H22FN3O4S/c1-2-29-20(27)15-5-8-18(25-9-11-28-12-10-25)17(13-15)23-21(30)24-19(26)14-3-6-16(22)7-4-14/h3-8,13H,2,9-12H2,1H3,(H2,23,24,26,30). The van der Waals surface area contributed by atoms with Crippen molar-refractivity contribution in [2.45, 2.75) is 6.92 Å². The Balaban J connectivity index is 1.79. The van der Waals surface area contributed by atoms with Crippen molar-refractivity contribution in [2.75, 3.05) is 43.1 Å². The minimum absolute atomic E-state index is 0.0554. The Morgan fingerprint density at radius 3 is 2.47 bits per heavy atom. The number of anilines is 2. The fourth-order valence-corrected chi connectivity index (χ4v) is 3.19. The Hall–Kier alpha value is -3.04. The number of ether oxygens (including phenoxy) is 2. The maximum absolute atomic E-state index is 13.1. The summed E-state index contributed by atoms with van der Waals surface area (Å²) in [5, 5.41) is 5.62. The van der Waals surface area contributed by atoms with Gasteiger partial charge in [0.2, 0.25) is 0 Å². The van der Waals surface area contributed by atoms with Gasteiger partial charge in [-0.05, 0) is 61.6 Å². The second-order valence-electron chi connectivity index (χ2n) is 6.47. The van der Waals surface area contributed by atoms with Gasteiger partial charge in [-0.2, -0.15) is 0 Å². The number of halogens is 1. The van der Waals surface area contributed by atoms with Gasteiger partial charge in [0.05, 0.1) is 36.8 Å². The molecule has 0 aromatic heterocycles. The van der Waals surface area contributed by atoms with Gasteiger partial charge in [-0.3, -0.25) is 10.1 Å². The van der Waals surface area contributed by atoms with Crippen LogP contribution in [0.3, 0.4) is 0 Å². The maximum Gasteiger partial charge on any atom is 0.338 e. The van der Waals surface area contributed by atoms with Crippen LogP contribution in [0.4, 0.5) is 15.8 Å². The predicted molar refractivity (Wildman–Crippen MR) is 116 cm³/mol. The number of hydrogen-bond donors (Lipinski definition) is 2. The molecule has 0 aliphatic carbocycles. The zero-order valence-electron chi connectivity index (χ0n) is 16.4. The highest BCUT2D eigenvalue weighted by Crippen LogP contribution is 2.28. The number of carbonyl (C=O) groups excluding carboxylic acids is 2. The third kappa shape index (κ3) is 5.52. The molecule has 2 aromatic carbocycles. The summed E-state index contributed by atoms with van der Waals surface area (Å²) in [6.45, 7) is 4.54. The number of thiocarbonyl (C=S) groups is 1. The fourth-order valence-electron chi connectivity index (χ4n) is 2.99. The van der Waals surface area contributed by atoms with E-state index in [-0.39, 0.29) is 17.3 Å². The van der Waals surface area contributed by atoms with Crippen LogP contribution in [-0.2, 0) is 9.47 Å². The van der Waals surface area contributed by atoms with E-state index in [0.29, 0.717) is 37.6 Å². The first-order chi connectivity index (χ1) is 14.5. The van der Waals surface area contributed by atoms with Crippen LogP contribution in [0.15, 0.2) is 42.5 Å². The summed E-state index contributed by atoms with van der Waals surface area (Å²) in [5.74, 6) is -1.35. The average Bonchev–Trinajstić information content (AvgIpc) is 2.75. The Morgan fingerprint density at radius 1 is 1.13 bits per heavy atom. The summed E-state index contributed by atoms with van der Waals surface area (Å²) in [4.78, 5) is 26.6. The smallest absolute Gasteiger partial charge is 0.338 e. The molecule has 0 saturated carbocycles. The van der Waals surface area contributed by atoms with Gasteiger partial charge in [0.1, 0.15) is 5.82 Å². The monoisotopic (exact) mass is 431 g/mol. The van der Waals surface area contributed by atoms with E-state index in [1.165, 1.54) is 24.3 Å². The summed E-state index contributed by atoms with van der Waals surface area (Å²) in [5.41, 5.74) is 2.02. The second-order valence-corrected chi connectivity index (χ2v) is 6.88. The van der Waals surface area contributed by atoms with Gasteiger partial charge in [-0.15, -0.1) is 0 Å². The summed E-state index contributed by atoms with van der Waals surface area (Å²) in [6.07, 6.45) is 0. The maximum atomic E-state index is 13.1. The second kappa shape index (κ2) is 10.1. The molecule has 2 N–H and O–H groups in total. The van der Waals surface area contributed by atoms with Crippen LogP contribution in [0.1, 0.15) is 27.6 Å². The van der Waals surface area contributed by atoms with E-state index < -0.39 is 17.7 Å². The third-order valence-electron chi connectivity index (χ3n) is 4.44. The highest BCUT2D eigenvalue weighted by Gasteiger charge is 2.19. The molecular weight excluding hydrogens is 409 g/mol. The number of hydrogen-bond acceptors (Lipinski definition) is 6. The van der Waals surface area contributed by atoms with Crippen LogP contribution in [0.25, 0.3) is 0 Å². The molecule has 1 aliphatic heterocycles. The zero-order valence-corrected chi connectivity index (χ0v) is 17.3. The molecule has 1 aliphatic rings. The summed E-state index contributed by atoms with van der Waals surface area (Å²) in [7, 11) is 0. The molecule has 3 rings (SSSR count). The number of benzene rings is 2. The van der Waals surface area contributed by atoms with E-state index in [4.69, 9.17) is 21.7 Å². The molecule has 0 unspecified atom stereocenters. The van der Waals surface area contributed by atoms with Crippen LogP contribution >= 0.6 is 12.2 Å². The molecule has 0 radical (unpaired) electrons. The molecule has 1 heterocycles. The number of esters is 1. The Morgan fingerprint density at radius 2 is 1.80 bits per heavy atom. The van der Waals surface area contributed by atoms with E-state index in [2.05, 4.69) is 15.5 Å². The van der Waals surface area contributed by atoms with Crippen molar-refractivity contribution in [1.82, 2.24) is 5.32 Å². The van der Waals surface area contributed by atoms with E-state index in [0.717, 1.165) is 5.69 Å². The lowest BCUT2D eigenvalue weighted by molar-refractivity contribution is 0.0526. The molecule has 2 aromatic rings. The van der Waals surface area contributed by atoms with Crippen molar-refractivity contribution in [3.05, 3.63) is 59.4 Å². The zero-order chi connectivity index (χ0) is 21.5. The topological polar surface area (TPSA) is 79.9 Å². The van der Waals surface area contributed by atoms with E-state index >= 15 is 0 Å². The van der Waals surface area contributed by atoms with Crippen LogP contribution in [0, 0.1) is 5.82 Å². The quantitative estimate of drug-likeness (QED) is 0.557. The molecule has 1 saturated heterocycles. The Labute approximate surface area is 179 Å². The summed E-state index contributed by atoms with van der Waals surface area (Å²) < 4.78 is 23.5. The Bertz CT molecular complexity index is 930. The normalized spacial score (nSPS) is 13.5. The van der Waals surface area contributed by atoms with Crippen LogP contribution in [-0.4, -0.2) is 49.9 Å². The first-order valence-corrected chi connectivity index (χ1v) is 9.90. The van der Waals surface area contributed by atoms with Gasteiger partial charge in [0.25, 0.3) is 5.91 Å². The number of morpholine rings is 1. The fraction of sp³-hybridized carbons (Fsp3) is 0.286. The molecule has 7 nitrogen and oxygen atoms in total. The highest BCUT2D eigenvalue weighted by atomic mass is 32.1. The molecule has 0 spiro atoms. The molecule has 1 amide bonds. The SMILES string of the molecule is CCOC(=O)c1ccc(N2CCOCC2)c(NC(=S)NC(=O)c2ccc(F)cc2)c1. The molecule has 0 bridgehead atoms. The molecule has 1 fully saturated rings. The van der Waals surface area contributed by atoms with Gasteiger partial charge in [0, 0.05) is 18.7 Å². The molecule has 9 heteroatoms.